The Kier molecular flexibility index (Phi) is 7.12. The van der Waals surface area contributed by atoms with Crippen LogP contribution in [-0.4, -0.2) is 41.6 Å². The molecule has 5 rings (SSSR count). The summed E-state index contributed by atoms with van der Waals surface area (Å²) in [6.45, 7) is 1.20. The van der Waals surface area contributed by atoms with Crippen molar-refractivity contribution in [3.05, 3.63) is 95.4 Å². The van der Waals surface area contributed by atoms with Crippen molar-refractivity contribution in [3.63, 3.8) is 0 Å². The number of fused-ring (bicyclic) bond motifs is 1. The Hall–Kier alpha value is -4.66. The average Bonchev–Trinajstić information content (AvgIpc) is 3.40. The zero-order valence-corrected chi connectivity index (χ0v) is 20.7. The first-order valence-corrected chi connectivity index (χ1v) is 11.9. The number of carbonyl (C=O) groups is 1. The van der Waals surface area contributed by atoms with E-state index in [1.54, 1.807) is 20.4 Å². The number of amides is 1. The van der Waals surface area contributed by atoms with Crippen LogP contribution in [0.5, 0.6) is 17.4 Å². The van der Waals surface area contributed by atoms with Gasteiger partial charge in [-0.1, -0.05) is 24.3 Å². The molecule has 37 heavy (non-hydrogen) atoms. The van der Waals surface area contributed by atoms with Crippen LogP contribution >= 0.6 is 0 Å². The molecular formula is C28H27N5O4. The quantitative estimate of drug-likeness (QED) is 0.369. The molecule has 1 aliphatic rings. The second-order valence-corrected chi connectivity index (χ2v) is 8.39. The van der Waals surface area contributed by atoms with Crippen LogP contribution in [0, 0.1) is 0 Å². The largest absolute Gasteiger partial charge is 0.497 e. The number of nitrogens with one attached hydrogen (secondary N) is 1. The highest BCUT2D eigenvalue weighted by atomic mass is 16.5. The number of aromatic nitrogens is 3. The SMILES string of the molecule is COc1ccc(COc2nc(N3CCc4c(OC)cccc43)ncc2C(=O)NCc2ccccn2)cc1. The smallest absolute Gasteiger partial charge is 0.258 e. The Bertz CT molecular complexity index is 1380. The fourth-order valence-corrected chi connectivity index (χ4v) is 4.20. The molecule has 0 bridgehead atoms. The number of carbonyl (C=O) groups excluding carboxylic acids is 1. The van der Waals surface area contributed by atoms with Crippen LogP contribution in [0.4, 0.5) is 11.6 Å². The third kappa shape index (κ3) is 5.30. The van der Waals surface area contributed by atoms with Gasteiger partial charge < -0.3 is 24.4 Å². The van der Waals surface area contributed by atoms with Gasteiger partial charge in [0.1, 0.15) is 23.7 Å². The minimum Gasteiger partial charge on any atom is -0.497 e. The summed E-state index contributed by atoms with van der Waals surface area (Å²) in [4.78, 5) is 28.6. The van der Waals surface area contributed by atoms with Crippen LogP contribution in [-0.2, 0) is 19.6 Å². The summed E-state index contributed by atoms with van der Waals surface area (Å²) in [7, 11) is 3.29. The molecule has 0 unspecified atom stereocenters. The van der Waals surface area contributed by atoms with Gasteiger partial charge in [0, 0.05) is 24.5 Å². The standard InChI is InChI=1S/C28H27N5O4/c1-35-21-11-9-19(10-12-21)18-37-27-23(26(34)30-16-20-6-3-4-14-29-20)17-31-28(32-27)33-15-13-22-24(33)7-5-8-25(22)36-2/h3-12,14,17H,13,15-16,18H2,1-2H3,(H,30,34). The van der Waals surface area contributed by atoms with Crippen LogP contribution in [0.3, 0.4) is 0 Å². The van der Waals surface area contributed by atoms with Crippen molar-refractivity contribution in [2.24, 2.45) is 0 Å². The number of hydrogen-bond acceptors (Lipinski definition) is 8. The first-order chi connectivity index (χ1) is 18.2. The minimum atomic E-state index is -0.342. The lowest BCUT2D eigenvalue weighted by Gasteiger charge is -2.19. The van der Waals surface area contributed by atoms with E-state index in [9.17, 15) is 4.79 Å². The molecule has 9 heteroatoms. The maximum absolute atomic E-state index is 13.1. The zero-order valence-electron chi connectivity index (χ0n) is 20.7. The molecule has 2 aromatic heterocycles. The van der Waals surface area contributed by atoms with Crippen LogP contribution in [0.25, 0.3) is 0 Å². The number of benzene rings is 2. The number of nitrogens with zero attached hydrogens (tertiary/aromatic N) is 4. The lowest BCUT2D eigenvalue weighted by atomic mass is 10.1. The van der Waals surface area contributed by atoms with Gasteiger partial charge >= 0.3 is 0 Å². The lowest BCUT2D eigenvalue weighted by Crippen LogP contribution is -2.25. The second-order valence-electron chi connectivity index (χ2n) is 8.39. The molecule has 1 N–H and O–H groups in total. The third-order valence-corrected chi connectivity index (χ3v) is 6.12. The number of hydrogen-bond donors (Lipinski definition) is 1. The van der Waals surface area contributed by atoms with E-state index in [4.69, 9.17) is 14.2 Å². The number of methoxy groups -OCH3 is 2. The topological polar surface area (TPSA) is 98.7 Å². The van der Waals surface area contributed by atoms with E-state index in [0.717, 1.165) is 40.4 Å². The van der Waals surface area contributed by atoms with Gasteiger partial charge in [0.05, 0.1) is 32.1 Å². The summed E-state index contributed by atoms with van der Waals surface area (Å²) in [5.74, 6) is 1.91. The zero-order chi connectivity index (χ0) is 25.6. The van der Waals surface area contributed by atoms with E-state index in [2.05, 4.69) is 20.3 Å². The van der Waals surface area contributed by atoms with Gasteiger partial charge in [0.25, 0.3) is 5.91 Å². The molecule has 0 fully saturated rings. The Labute approximate surface area is 215 Å². The number of anilines is 2. The molecule has 0 spiro atoms. The Morgan fingerprint density at radius 1 is 1.00 bits per heavy atom. The molecule has 188 valence electrons. The number of pyridine rings is 1. The molecule has 2 aromatic carbocycles. The van der Waals surface area contributed by atoms with Crippen molar-refractivity contribution in [2.75, 3.05) is 25.7 Å². The predicted molar refractivity (Wildman–Crippen MR) is 138 cm³/mol. The molecular weight excluding hydrogens is 470 g/mol. The van der Waals surface area contributed by atoms with Gasteiger partial charge in [-0.2, -0.15) is 4.98 Å². The highest BCUT2D eigenvalue weighted by molar-refractivity contribution is 5.96. The molecule has 0 saturated heterocycles. The molecule has 3 heterocycles. The van der Waals surface area contributed by atoms with Gasteiger partial charge in [0.15, 0.2) is 0 Å². The van der Waals surface area contributed by atoms with Gasteiger partial charge in [-0.15, -0.1) is 0 Å². The van der Waals surface area contributed by atoms with Crippen molar-refractivity contribution in [2.45, 2.75) is 19.6 Å². The van der Waals surface area contributed by atoms with Gasteiger partial charge in [-0.3, -0.25) is 9.78 Å². The van der Waals surface area contributed by atoms with E-state index in [1.807, 2.05) is 65.6 Å². The summed E-state index contributed by atoms with van der Waals surface area (Å²) in [6, 6.07) is 19.0. The van der Waals surface area contributed by atoms with Crippen molar-refractivity contribution in [3.8, 4) is 17.4 Å². The summed E-state index contributed by atoms with van der Waals surface area (Å²) in [5, 5.41) is 2.88. The Morgan fingerprint density at radius 3 is 2.62 bits per heavy atom. The molecule has 0 saturated carbocycles. The van der Waals surface area contributed by atoms with Gasteiger partial charge in [-0.05, 0) is 48.4 Å². The lowest BCUT2D eigenvalue weighted by molar-refractivity contribution is 0.0944. The summed E-state index contributed by atoms with van der Waals surface area (Å²) >= 11 is 0. The molecule has 4 aromatic rings. The van der Waals surface area contributed by atoms with Crippen LogP contribution in [0.1, 0.15) is 27.2 Å². The van der Waals surface area contributed by atoms with Crippen LogP contribution in [0.15, 0.2) is 73.1 Å². The van der Waals surface area contributed by atoms with Crippen LogP contribution in [0.2, 0.25) is 0 Å². The maximum Gasteiger partial charge on any atom is 0.258 e. The normalized spacial score (nSPS) is 12.1. The van der Waals surface area contributed by atoms with E-state index in [1.165, 1.54) is 6.20 Å². The second kappa shape index (κ2) is 10.9. The van der Waals surface area contributed by atoms with E-state index >= 15 is 0 Å². The molecule has 0 radical (unpaired) electrons. The first-order valence-electron chi connectivity index (χ1n) is 11.9. The fraction of sp³-hybridized carbons (Fsp3) is 0.214. The van der Waals surface area contributed by atoms with Crippen molar-refractivity contribution >= 4 is 17.5 Å². The van der Waals surface area contributed by atoms with E-state index in [0.29, 0.717) is 12.5 Å². The number of ether oxygens (including phenoxy) is 3. The monoisotopic (exact) mass is 497 g/mol. The fourth-order valence-electron chi connectivity index (χ4n) is 4.20. The Morgan fingerprint density at radius 2 is 1.86 bits per heavy atom. The highest BCUT2D eigenvalue weighted by Gasteiger charge is 2.27. The third-order valence-electron chi connectivity index (χ3n) is 6.12. The first kappa shape index (κ1) is 24.1. The molecule has 0 atom stereocenters. The summed E-state index contributed by atoms with van der Waals surface area (Å²) < 4.78 is 16.8. The molecule has 9 nitrogen and oxygen atoms in total. The number of rotatable bonds is 9. The minimum absolute atomic E-state index is 0.204. The van der Waals surface area contributed by atoms with Gasteiger partial charge in [0.2, 0.25) is 11.8 Å². The van der Waals surface area contributed by atoms with Crippen LogP contribution < -0.4 is 24.4 Å². The molecule has 1 amide bonds. The Balaban J connectivity index is 1.42. The van der Waals surface area contributed by atoms with Crippen molar-refractivity contribution in [1.82, 2.24) is 20.3 Å². The van der Waals surface area contributed by atoms with Gasteiger partial charge in [-0.25, -0.2) is 4.98 Å². The van der Waals surface area contributed by atoms with Crippen molar-refractivity contribution < 1.29 is 19.0 Å². The van der Waals surface area contributed by atoms with E-state index in [-0.39, 0.29) is 30.5 Å². The highest BCUT2D eigenvalue weighted by Crippen LogP contribution is 2.38. The average molecular weight is 498 g/mol. The summed E-state index contributed by atoms with van der Waals surface area (Å²) in [5.41, 5.74) is 3.99. The van der Waals surface area contributed by atoms with Crippen molar-refractivity contribution in [1.29, 1.82) is 0 Å². The summed E-state index contributed by atoms with van der Waals surface area (Å²) in [6.07, 6.45) is 4.00. The van der Waals surface area contributed by atoms with E-state index < -0.39 is 0 Å². The predicted octanol–water partition coefficient (Wildman–Crippen LogP) is 4.09. The maximum atomic E-state index is 13.1. The molecule has 0 aliphatic carbocycles. The molecule has 1 aliphatic heterocycles.